The van der Waals surface area contributed by atoms with Crippen LogP contribution in [0.2, 0.25) is 0 Å². The molecule has 0 bridgehead atoms. The Bertz CT molecular complexity index is 229. The van der Waals surface area contributed by atoms with Gasteiger partial charge in [0.1, 0.15) is 0 Å². The van der Waals surface area contributed by atoms with Gasteiger partial charge in [0.15, 0.2) is 0 Å². The molecule has 1 fully saturated rings. The largest absolute Gasteiger partial charge is 0.383 e. The van der Waals surface area contributed by atoms with Crippen molar-refractivity contribution in [2.45, 2.75) is 25.8 Å². The lowest BCUT2D eigenvalue weighted by molar-refractivity contribution is -0.138. The van der Waals surface area contributed by atoms with Gasteiger partial charge in [0.25, 0.3) is 0 Å². The number of carbonyl (C=O) groups excluding carboxylic acids is 1. The Morgan fingerprint density at radius 2 is 2.41 bits per heavy atom. The molecule has 1 aliphatic rings. The van der Waals surface area contributed by atoms with E-state index in [1.54, 1.807) is 7.11 Å². The van der Waals surface area contributed by atoms with E-state index >= 15 is 0 Å². The number of rotatable bonds is 7. The molecule has 2 unspecified atom stereocenters. The summed E-state index contributed by atoms with van der Waals surface area (Å²) in [6.45, 7) is 3.76. The molecule has 17 heavy (non-hydrogen) atoms. The Labute approximate surface area is 108 Å². The lowest BCUT2D eigenvalue weighted by Gasteiger charge is -2.31. The quantitative estimate of drug-likeness (QED) is 0.740. The van der Waals surface area contributed by atoms with Gasteiger partial charge in [-0.25, -0.2) is 0 Å². The molecule has 0 aromatic heterocycles. The van der Waals surface area contributed by atoms with E-state index in [0.29, 0.717) is 25.7 Å². The Morgan fingerprint density at radius 1 is 1.65 bits per heavy atom. The van der Waals surface area contributed by atoms with Crippen molar-refractivity contribution < 1.29 is 9.53 Å². The van der Waals surface area contributed by atoms with Gasteiger partial charge in [-0.1, -0.05) is 6.92 Å². The average Bonchev–Trinajstić information content (AvgIpc) is 2.85. The Balaban J connectivity index is 2.63. The normalized spacial score (nSPS) is 21.5. The molecule has 1 amide bonds. The molecule has 2 N–H and O–H groups in total. The molecule has 0 aliphatic carbocycles. The number of amides is 1. The summed E-state index contributed by atoms with van der Waals surface area (Å²) in [5, 5.41) is 0. The van der Waals surface area contributed by atoms with Crippen LogP contribution in [0.25, 0.3) is 0 Å². The van der Waals surface area contributed by atoms with Crippen LogP contribution in [0.5, 0.6) is 0 Å². The van der Waals surface area contributed by atoms with E-state index in [9.17, 15) is 4.79 Å². The predicted octanol–water partition coefficient (Wildman–Crippen LogP) is 0.952. The first-order valence-electron chi connectivity index (χ1n) is 6.31. The molecule has 0 aromatic carbocycles. The summed E-state index contributed by atoms with van der Waals surface area (Å²) in [4.78, 5) is 14.4. The van der Waals surface area contributed by atoms with Crippen molar-refractivity contribution >= 4 is 17.7 Å². The molecule has 0 saturated carbocycles. The number of hydrogen-bond donors (Lipinski definition) is 1. The molecule has 0 spiro atoms. The maximum absolute atomic E-state index is 12.4. The number of ether oxygens (including phenoxy) is 1. The summed E-state index contributed by atoms with van der Waals surface area (Å²) < 4.78 is 5.10. The van der Waals surface area contributed by atoms with Crippen molar-refractivity contribution in [2.75, 3.05) is 38.3 Å². The SMILES string of the molecule is CCC(CN)C(=O)N(CCOC)C1CCSC1. The number of nitrogens with two attached hydrogens (primary N) is 1. The standard InChI is InChI=1S/C12H24N2O2S/c1-3-10(8-13)12(15)14(5-6-16-2)11-4-7-17-9-11/h10-11H,3-9,13H2,1-2H3. The third kappa shape index (κ3) is 4.16. The lowest BCUT2D eigenvalue weighted by Crippen LogP contribution is -2.46. The molecule has 0 aromatic rings. The van der Waals surface area contributed by atoms with Crippen molar-refractivity contribution in [1.82, 2.24) is 4.90 Å². The monoisotopic (exact) mass is 260 g/mol. The van der Waals surface area contributed by atoms with E-state index in [-0.39, 0.29) is 11.8 Å². The summed E-state index contributed by atoms with van der Waals surface area (Å²) in [7, 11) is 1.67. The van der Waals surface area contributed by atoms with E-state index in [2.05, 4.69) is 0 Å². The topological polar surface area (TPSA) is 55.6 Å². The fraction of sp³-hybridized carbons (Fsp3) is 0.917. The zero-order chi connectivity index (χ0) is 12.7. The van der Waals surface area contributed by atoms with Gasteiger partial charge in [-0.05, 0) is 18.6 Å². The van der Waals surface area contributed by atoms with Gasteiger partial charge < -0.3 is 15.4 Å². The molecule has 1 rings (SSSR count). The zero-order valence-electron chi connectivity index (χ0n) is 10.9. The number of nitrogens with zero attached hydrogens (tertiary/aromatic N) is 1. The van der Waals surface area contributed by atoms with Crippen molar-refractivity contribution in [1.29, 1.82) is 0 Å². The Kier molecular flexibility index (Phi) is 6.92. The number of methoxy groups -OCH3 is 1. The van der Waals surface area contributed by atoms with Crippen LogP contribution >= 0.6 is 11.8 Å². The molecular weight excluding hydrogens is 236 g/mol. The number of carbonyl (C=O) groups is 1. The highest BCUT2D eigenvalue weighted by molar-refractivity contribution is 7.99. The van der Waals surface area contributed by atoms with Crippen LogP contribution in [0, 0.1) is 5.92 Å². The average molecular weight is 260 g/mol. The first kappa shape index (κ1) is 14.8. The maximum atomic E-state index is 12.4. The van der Waals surface area contributed by atoms with Gasteiger partial charge in [0.05, 0.1) is 12.5 Å². The van der Waals surface area contributed by atoms with Crippen LogP contribution < -0.4 is 5.73 Å². The van der Waals surface area contributed by atoms with Crippen LogP contribution in [0.15, 0.2) is 0 Å². The van der Waals surface area contributed by atoms with E-state index in [1.807, 2.05) is 23.6 Å². The highest BCUT2D eigenvalue weighted by Crippen LogP contribution is 2.24. The second-order valence-corrected chi connectivity index (χ2v) is 5.53. The molecule has 1 heterocycles. The maximum Gasteiger partial charge on any atom is 0.227 e. The number of hydrogen-bond acceptors (Lipinski definition) is 4. The second-order valence-electron chi connectivity index (χ2n) is 4.38. The van der Waals surface area contributed by atoms with E-state index < -0.39 is 0 Å². The van der Waals surface area contributed by atoms with Crippen molar-refractivity contribution in [3.63, 3.8) is 0 Å². The minimum atomic E-state index is -0.0301. The minimum Gasteiger partial charge on any atom is -0.383 e. The Hall–Kier alpha value is -0.260. The van der Waals surface area contributed by atoms with Gasteiger partial charge >= 0.3 is 0 Å². The Morgan fingerprint density at radius 3 is 2.88 bits per heavy atom. The van der Waals surface area contributed by atoms with Crippen molar-refractivity contribution in [3.05, 3.63) is 0 Å². The highest BCUT2D eigenvalue weighted by atomic mass is 32.2. The van der Waals surface area contributed by atoms with Crippen molar-refractivity contribution in [2.24, 2.45) is 11.7 Å². The van der Waals surface area contributed by atoms with Gasteiger partial charge in [-0.2, -0.15) is 11.8 Å². The summed E-state index contributed by atoms with van der Waals surface area (Å²) in [6, 6.07) is 0.378. The van der Waals surface area contributed by atoms with E-state index in [0.717, 1.165) is 24.3 Å². The fourth-order valence-electron chi connectivity index (χ4n) is 2.11. The minimum absolute atomic E-state index is 0.0301. The number of thioether (sulfide) groups is 1. The first-order chi connectivity index (χ1) is 8.24. The molecule has 100 valence electrons. The van der Waals surface area contributed by atoms with Crippen molar-refractivity contribution in [3.8, 4) is 0 Å². The van der Waals surface area contributed by atoms with Crippen LogP contribution in [0.3, 0.4) is 0 Å². The second kappa shape index (κ2) is 7.95. The summed E-state index contributed by atoms with van der Waals surface area (Å²) >= 11 is 1.92. The highest BCUT2D eigenvalue weighted by Gasteiger charge is 2.29. The first-order valence-corrected chi connectivity index (χ1v) is 7.47. The van der Waals surface area contributed by atoms with E-state index in [4.69, 9.17) is 10.5 Å². The van der Waals surface area contributed by atoms with E-state index in [1.165, 1.54) is 0 Å². The van der Waals surface area contributed by atoms with Crippen LogP contribution in [-0.4, -0.2) is 55.2 Å². The molecular formula is C12H24N2O2S. The molecule has 2 atom stereocenters. The van der Waals surface area contributed by atoms with Gasteiger partial charge in [-0.15, -0.1) is 0 Å². The zero-order valence-corrected chi connectivity index (χ0v) is 11.7. The smallest absolute Gasteiger partial charge is 0.227 e. The summed E-state index contributed by atoms with van der Waals surface area (Å²) in [6.07, 6.45) is 1.92. The predicted molar refractivity (Wildman–Crippen MR) is 72.2 cm³/mol. The van der Waals surface area contributed by atoms with Crippen LogP contribution in [0.1, 0.15) is 19.8 Å². The molecule has 4 nitrogen and oxygen atoms in total. The summed E-state index contributed by atoms with van der Waals surface area (Å²) in [5.41, 5.74) is 5.67. The van der Waals surface area contributed by atoms with Gasteiger partial charge in [-0.3, -0.25) is 4.79 Å². The van der Waals surface area contributed by atoms with Crippen LogP contribution in [0.4, 0.5) is 0 Å². The van der Waals surface area contributed by atoms with Crippen LogP contribution in [-0.2, 0) is 9.53 Å². The third-order valence-electron chi connectivity index (χ3n) is 3.29. The molecule has 0 radical (unpaired) electrons. The third-order valence-corrected chi connectivity index (χ3v) is 4.44. The van der Waals surface area contributed by atoms with Gasteiger partial charge in [0.2, 0.25) is 5.91 Å². The fourth-order valence-corrected chi connectivity index (χ4v) is 3.33. The lowest BCUT2D eigenvalue weighted by atomic mass is 10.0. The van der Waals surface area contributed by atoms with Gasteiger partial charge in [0, 0.05) is 32.0 Å². The summed E-state index contributed by atoms with van der Waals surface area (Å²) in [5.74, 6) is 2.38. The molecule has 1 saturated heterocycles. The molecule has 1 aliphatic heterocycles. The molecule has 5 heteroatoms.